The monoisotopic (exact) mass is 306 g/mol. The normalized spacial score (nSPS) is 19.4. The van der Waals surface area contributed by atoms with Gasteiger partial charge in [0.1, 0.15) is 6.07 Å². The van der Waals surface area contributed by atoms with Gasteiger partial charge < -0.3 is 0 Å². The van der Waals surface area contributed by atoms with Crippen LogP contribution < -0.4 is 0 Å². The smallest absolute Gasteiger partial charge is 0.100 e. The first-order valence-corrected chi connectivity index (χ1v) is 7.20. The van der Waals surface area contributed by atoms with E-state index in [1.165, 1.54) is 24.9 Å². The summed E-state index contributed by atoms with van der Waals surface area (Å²) in [6, 6.07) is 8.21. The molecule has 2 nitrogen and oxygen atoms in total. The van der Waals surface area contributed by atoms with Crippen LogP contribution in [0.3, 0.4) is 0 Å². The van der Waals surface area contributed by atoms with E-state index >= 15 is 0 Å². The number of halogens is 1. The Balaban J connectivity index is 2.06. The van der Waals surface area contributed by atoms with Gasteiger partial charge in [-0.05, 0) is 58.4 Å². The SMILES string of the molecule is CC1(C)CCCN(Cc2ccc(C#N)c(Br)c2)C1. The average Bonchev–Trinajstić information content (AvgIpc) is 2.28. The van der Waals surface area contributed by atoms with E-state index in [9.17, 15) is 0 Å². The molecule has 0 bridgehead atoms. The van der Waals surface area contributed by atoms with Crippen LogP contribution in [0, 0.1) is 16.7 Å². The Morgan fingerprint density at radius 1 is 1.44 bits per heavy atom. The summed E-state index contributed by atoms with van der Waals surface area (Å²) >= 11 is 3.45. The lowest BCUT2D eigenvalue weighted by molar-refractivity contribution is 0.111. The van der Waals surface area contributed by atoms with Crippen LogP contribution in [0.2, 0.25) is 0 Å². The number of benzene rings is 1. The van der Waals surface area contributed by atoms with E-state index in [0.29, 0.717) is 11.0 Å². The number of hydrogen-bond acceptors (Lipinski definition) is 2. The maximum absolute atomic E-state index is 8.91. The first-order chi connectivity index (χ1) is 8.50. The summed E-state index contributed by atoms with van der Waals surface area (Å²) in [5.74, 6) is 0. The number of rotatable bonds is 2. The highest BCUT2D eigenvalue weighted by molar-refractivity contribution is 9.10. The number of piperidine rings is 1. The Morgan fingerprint density at radius 2 is 2.22 bits per heavy atom. The second kappa shape index (κ2) is 5.42. The van der Waals surface area contributed by atoms with E-state index < -0.39 is 0 Å². The zero-order valence-electron chi connectivity index (χ0n) is 11.0. The molecule has 3 heteroatoms. The first-order valence-electron chi connectivity index (χ1n) is 6.41. The highest BCUT2D eigenvalue weighted by atomic mass is 79.9. The van der Waals surface area contributed by atoms with Gasteiger partial charge in [-0.2, -0.15) is 5.26 Å². The summed E-state index contributed by atoms with van der Waals surface area (Å²) in [4.78, 5) is 2.51. The van der Waals surface area contributed by atoms with Gasteiger partial charge in [-0.25, -0.2) is 0 Å². The van der Waals surface area contributed by atoms with Crippen LogP contribution in [0.25, 0.3) is 0 Å². The van der Waals surface area contributed by atoms with Crippen molar-refractivity contribution in [2.45, 2.75) is 33.2 Å². The third-order valence-corrected chi connectivity index (χ3v) is 4.20. The summed E-state index contributed by atoms with van der Waals surface area (Å²) in [5.41, 5.74) is 2.42. The molecule has 1 aliphatic heterocycles. The van der Waals surface area contributed by atoms with Crippen LogP contribution in [0.5, 0.6) is 0 Å². The van der Waals surface area contributed by atoms with Crippen LogP contribution in [0.1, 0.15) is 37.8 Å². The third-order valence-electron chi connectivity index (χ3n) is 3.54. The lowest BCUT2D eigenvalue weighted by Crippen LogP contribution is -2.39. The van der Waals surface area contributed by atoms with E-state index in [1.807, 2.05) is 6.07 Å². The maximum Gasteiger partial charge on any atom is 0.100 e. The fourth-order valence-corrected chi connectivity index (χ4v) is 3.20. The van der Waals surface area contributed by atoms with E-state index in [0.717, 1.165) is 17.6 Å². The van der Waals surface area contributed by atoms with Gasteiger partial charge in [-0.15, -0.1) is 0 Å². The number of hydrogen-bond donors (Lipinski definition) is 0. The lowest BCUT2D eigenvalue weighted by atomic mass is 9.84. The average molecular weight is 307 g/mol. The lowest BCUT2D eigenvalue weighted by Gasteiger charge is -2.38. The zero-order chi connectivity index (χ0) is 13.2. The van der Waals surface area contributed by atoms with Gasteiger partial charge in [0.25, 0.3) is 0 Å². The highest BCUT2D eigenvalue weighted by Gasteiger charge is 2.26. The molecule has 0 saturated carbocycles. The Morgan fingerprint density at radius 3 is 2.83 bits per heavy atom. The molecule has 0 aliphatic carbocycles. The molecule has 1 aromatic carbocycles. The highest BCUT2D eigenvalue weighted by Crippen LogP contribution is 2.29. The topological polar surface area (TPSA) is 27.0 Å². The Hall–Kier alpha value is -0.850. The minimum Gasteiger partial charge on any atom is -0.299 e. The van der Waals surface area contributed by atoms with Gasteiger partial charge in [0.2, 0.25) is 0 Å². The predicted molar refractivity (Wildman–Crippen MR) is 77.1 cm³/mol. The Bertz CT molecular complexity index is 474. The van der Waals surface area contributed by atoms with Crippen molar-refractivity contribution in [1.29, 1.82) is 5.26 Å². The molecule has 1 fully saturated rings. The molecule has 0 amide bonds. The van der Waals surface area contributed by atoms with E-state index in [4.69, 9.17) is 5.26 Å². The van der Waals surface area contributed by atoms with Crippen LogP contribution in [-0.2, 0) is 6.54 Å². The fourth-order valence-electron chi connectivity index (χ4n) is 2.69. The molecule has 1 aliphatic rings. The second-order valence-electron chi connectivity index (χ2n) is 5.90. The molecule has 0 unspecified atom stereocenters. The van der Waals surface area contributed by atoms with Crippen molar-refractivity contribution in [1.82, 2.24) is 4.90 Å². The van der Waals surface area contributed by atoms with Gasteiger partial charge in [-0.3, -0.25) is 4.90 Å². The minimum atomic E-state index is 0.433. The van der Waals surface area contributed by atoms with E-state index in [2.05, 4.69) is 52.9 Å². The van der Waals surface area contributed by atoms with Gasteiger partial charge in [0, 0.05) is 17.6 Å². The first kappa shape index (κ1) is 13.6. The van der Waals surface area contributed by atoms with Crippen molar-refractivity contribution in [3.63, 3.8) is 0 Å². The van der Waals surface area contributed by atoms with Gasteiger partial charge >= 0.3 is 0 Å². The maximum atomic E-state index is 8.91. The number of likely N-dealkylation sites (tertiary alicyclic amines) is 1. The van der Waals surface area contributed by atoms with Gasteiger partial charge in [0.05, 0.1) is 5.56 Å². The molecule has 0 aromatic heterocycles. The molecule has 0 atom stereocenters. The van der Waals surface area contributed by atoms with Crippen molar-refractivity contribution in [2.24, 2.45) is 5.41 Å². The fraction of sp³-hybridized carbons (Fsp3) is 0.533. The van der Waals surface area contributed by atoms with Crippen molar-refractivity contribution in [2.75, 3.05) is 13.1 Å². The molecule has 0 spiro atoms. The molecule has 1 aromatic rings. The van der Waals surface area contributed by atoms with Crippen LogP contribution in [0.15, 0.2) is 22.7 Å². The second-order valence-corrected chi connectivity index (χ2v) is 6.76. The molecular weight excluding hydrogens is 288 g/mol. The number of nitriles is 1. The van der Waals surface area contributed by atoms with Crippen molar-refractivity contribution >= 4 is 15.9 Å². The zero-order valence-corrected chi connectivity index (χ0v) is 12.6. The minimum absolute atomic E-state index is 0.433. The molecule has 1 heterocycles. The van der Waals surface area contributed by atoms with Crippen LogP contribution in [0.4, 0.5) is 0 Å². The van der Waals surface area contributed by atoms with Crippen molar-refractivity contribution < 1.29 is 0 Å². The molecule has 0 N–H and O–H groups in total. The van der Waals surface area contributed by atoms with E-state index in [-0.39, 0.29) is 0 Å². The number of nitrogens with zero attached hydrogens (tertiary/aromatic N) is 2. The standard InChI is InChI=1S/C15H19BrN2/c1-15(2)6-3-7-18(11-15)10-12-4-5-13(9-17)14(16)8-12/h4-5,8H,3,6-7,10-11H2,1-2H3. The van der Waals surface area contributed by atoms with Crippen molar-refractivity contribution in [3.8, 4) is 6.07 Å². The Kier molecular flexibility index (Phi) is 4.09. The summed E-state index contributed by atoms with van der Waals surface area (Å²) in [7, 11) is 0. The Labute approximate surface area is 118 Å². The summed E-state index contributed by atoms with van der Waals surface area (Å²) in [5, 5.41) is 8.91. The largest absolute Gasteiger partial charge is 0.299 e. The molecular formula is C15H19BrN2. The van der Waals surface area contributed by atoms with Crippen LogP contribution >= 0.6 is 15.9 Å². The summed E-state index contributed by atoms with van der Waals surface area (Å²) < 4.78 is 0.902. The molecule has 1 saturated heterocycles. The van der Waals surface area contributed by atoms with Crippen LogP contribution in [-0.4, -0.2) is 18.0 Å². The molecule has 96 valence electrons. The predicted octanol–water partition coefficient (Wildman–Crippen LogP) is 3.94. The molecule has 2 rings (SSSR count). The summed E-state index contributed by atoms with van der Waals surface area (Å²) in [6.45, 7) is 8.00. The third kappa shape index (κ3) is 3.34. The van der Waals surface area contributed by atoms with Gasteiger partial charge in [-0.1, -0.05) is 19.9 Å². The molecule has 0 radical (unpaired) electrons. The van der Waals surface area contributed by atoms with E-state index in [1.54, 1.807) is 0 Å². The summed E-state index contributed by atoms with van der Waals surface area (Å²) in [6.07, 6.45) is 2.60. The quantitative estimate of drug-likeness (QED) is 0.827. The van der Waals surface area contributed by atoms with Crippen molar-refractivity contribution in [3.05, 3.63) is 33.8 Å². The molecule has 18 heavy (non-hydrogen) atoms. The van der Waals surface area contributed by atoms with Gasteiger partial charge in [0.15, 0.2) is 0 Å².